The van der Waals surface area contributed by atoms with Gasteiger partial charge in [-0.1, -0.05) is 60.1 Å². The molecule has 0 fully saturated rings. The van der Waals surface area contributed by atoms with Gasteiger partial charge < -0.3 is 10.2 Å². The normalized spacial score (nSPS) is 17.4. The average Bonchev–Trinajstić information content (AvgIpc) is 2.96. The number of carbonyl (C=O) groups is 2. The number of hydrazone groups is 1. The molecule has 0 spiro atoms. The molecule has 164 valence electrons. The lowest BCUT2D eigenvalue weighted by atomic mass is 10.0. The highest BCUT2D eigenvalue weighted by molar-refractivity contribution is 6.30. The number of rotatable bonds is 3. The summed E-state index contributed by atoms with van der Waals surface area (Å²) >= 11 is 5.97. The average molecular weight is 458 g/mol. The smallest absolute Gasteiger partial charge is 0.262 e. The van der Waals surface area contributed by atoms with Gasteiger partial charge in [0.1, 0.15) is 6.54 Å². The van der Waals surface area contributed by atoms with Gasteiger partial charge in [-0.2, -0.15) is 5.10 Å². The Bertz CT molecular complexity index is 1290. The van der Waals surface area contributed by atoms with E-state index >= 15 is 0 Å². The lowest BCUT2D eigenvalue weighted by Gasteiger charge is -2.33. The number of halogens is 1. The predicted octanol–water partition coefficient (Wildman–Crippen LogP) is 3.54. The molecule has 0 saturated heterocycles. The SMILES string of the molecule is CN1N=C2[C@@H](NC(=O)c3ccc(Cl)cc3)N=C(c3ccccc3)c3ccccc3N2CC1=O. The summed E-state index contributed by atoms with van der Waals surface area (Å²) in [5, 5.41) is 9.32. The first-order valence-electron chi connectivity index (χ1n) is 10.4. The maximum atomic E-state index is 13.1. The maximum Gasteiger partial charge on any atom is 0.262 e. The fourth-order valence-corrected chi connectivity index (χ4v) is 4.02. The van der Waals surface area contributed by atoms with Gasteiger partial charge in [-0.3, -0.25) is 14.6 Å². The van der Waals surface area contributed by atoms with Crippen LogP contribution in [0.3, 0.4) is 0 Å². The molecule has 0 unspecified atom stereocenters. The van der Waals surface area contributed by atoms with Gasteiger partial charge in [-0.15, -0.1) is 0 Å². The van der Waals surface area contributed by atoms with Gasteiger partial charge in [0, 0.05) is 28.8 Å². The summed E-state index contributed by atoms with van der Waals surface area (Å²) in [5.74, 6) is -0.00160. The molecule has 2 aliphatic rings. The van der Waals surface area contributed by atoms with Gasteiger partial charge in [0.2, 0.25) is 0 Å². The summed E-state index contributed by atoms with van der Waals surface area (Å²) in [7, 11) is 1.60. The molecule has 1 N–H and O–H groups in total. The Kier molecular flexibility index (Phi) is 5.40. The number of fused-ring (bicyclic) bond motifs is 3. The summed E-state index contributed by atoms with van der Waals surface area (Å²) in [5.41, 5.74) is 3.72. The van der Waals surface area contributed by atoms with E-state index in [9.17, 15) is 9.59 Å². The van der Waals surface area contributed by atoms with Crippen molar-refractivity contribution >= 4 is 40.6 Å². The van der Waals surface area contributed by atoms with E-state index in [1.54, 1.807) is 31.3 Å². The Morgan fingerprint density at radius 3 is 2.45 bits per heavy atom. The molecule has 33 heavy (non-hydrogen) atoms. The number of benzene rings is 3. The first-order valence-corrected chi connectivity index (χ1v) is 10.8. The van der Waals surface area contributed by atoms with Crippen LogP contribution in [0.4, 0.5) is 5.69 Å². The van der Waals surface area contributed by atoms with Gasteiger partial charge in [0.05, 0.1) is 11.4 Å². The minimum atomic E-state index is -0.814. The fraction of sp³-hybridized carbons (Fsp3) is 0.120. The molecule has 3 aromatic carbocycles. The third kappa shape index (κ3) is 3.99. The third-order valence-electron chi connectivity index (χ3n) is 5.56. The van der Waals surface area contributed by atoms with E-state index in [-0.39, 0.29) is 18.4 Å². The van der Waals surface area contributed by atoms with Crippen LogP contribution in [0.15, 0.2) is 89.0 Å². The maximum absolute atomic E-state index is 13.1. The van der Waals surface area contributed by atoms with Crippen LogP contribution in [0.2, 0.25) is 5.02 Å². The second-order valence-corrected chi connectivity index (χ2v) is 8.14. The van der Waals surface area contributed by atoms with Crippen molar-refractivity contribution in [2.75, 3.05) is 18.5 Å². The number of carbonyl (C=O) groups excluding carboxylic acids is 2. The highest BCUT2D eigenvalue weighted by Crippen LogP contribution is 2.30. The zero-order chi connectivity index (χ0) is 22.9. The van der Waals surface area contributed by atoms with Crippen molar-refractivity contribution in [2.45, 2.75) is 6.17 Å². The number of likely N-dealkylation sites (N-methyl/N-ethyl adjacent to an activating group) is 1. The molecule has 5 rings (SSSR count). The van der Waals surface area contributed by atoms with Crippen LogP contribution in [0.1, 0.15) is 21.5 Å². The molecule has 3 aromatic rings. The molecule has 2 heterocycles. The van der Waals surface area contributed by atoms with Crippen LogP contribution in [0, 0.1) is 0 Å². The molecule has 1 atom stereocenters. The zero-order valence-corrected chi connectivity index (χ0v) is 18.5. The molecular weight excluding hydrogens is 438 g/mol. The lowest BCUT2D eigenvalue weighted by molar-refractivity contribution is -0.128. The molecule has 0 bridgehead atoms. The number of amides is 2. The van der Waals surface area contributed by atoms with Crippen LogP contribution >= 0.6 is 11.6 Å². The number of aliphatic imine (C=N–C) groups is 1. The van der Waals surface area contributed by atoms with Crippen molar-refractivity contribution in [1.29, 1.82) is 0 Å². The highest BCUT2D eigenvalue weighted by atomic mass is 35.5. The molecule has 0 aliphatic carbocycles. The fourth-order valence-electron chi connectivity index (χ4n) is 3.89. The van der Waals surface area contributed by atoms with E-state index < -0.39 is 6.17 Å². The Balaban J connectivity index is 1.65. The number of amidine groups is 1. The minimum Gasteiger partial charge on any atom is -0.324 e. The Morgan fingerprint density at radius 2 is 1.70 bits per heavy atom. The van der Waals surface area contributed by atoms with Gasteiger partial charge in [0.25, 0.3) is 11.8 Å². The second-order valence-electron chi connectivity index (χ2n) is 7.71. The predicted molar refractivity (Wildman–Crippen MR) is 129 cm³/mol. The van der Waals surface area contributed by atoms with Crippen molar-refractivity contribution in [2.24, 2.45) is 10.1 Å². The molecule has 0 radical (unpaired) electrons. The van der Waals surface area contributed by atoms with Crippen molar-refractivity contribution in [3.63, 3.8) is 0 Å². The standard InChI is InChI=1S/C25H20ClN5O2/c1-30-21(32)15-31-20-10-6-5-9-19(20)22(16-7-3-2-4-8-16)27-23(24(31)29-30)28-25(33)17-11-13-18(26)14-12-17/h2-14,23H,15H2,1H3,(H,28,33)/t23-/m1/s1. The number of hydrogen-bond acceptors (Lipinski definition) is 5. The summed E-state index contributed by atoms with van der Waals surface area (Å²) in [6.45, 7) is 0.0945. The number of nitrogens with zero attached hydrogens (tertiary/aromatic N) is 4. The number of para-hydroxylation sites is 1. The summed E-state index contributed by atoms with van der Waals surface area (Å²) in [6.07, 6.45) is -0.814. The molecule has 0 aromatic heterocycles. The lowest BCUT2D eigenvalue weighted by Crippen LogP contribution is -2.54. The molecule has 0 saturated carbocycles. The van der Waals surface area contributed by atoms with Gasteiger partial charge >= 0.3 is 0 Å². The van der Waals surface area contributed by atoms with Crippen molar-refractivity contribution in [3.8, 4) is 0 Å². The van der Waals surface area contributed by atoms with Crippen LogP contribution in [0.25, 0.3) is 0 Å². The third-order valence-corrected chi connectivity index (χ3v) is 5.81. The van der Waals surface area contributed by atoms with Crippen LogP contribution in [0.5, 0.6) is 0 Å². The van der Waals surface area contributed by atoms with Crippen molar-refractivity contribution < 1.29 is 9.59 Å². The summed E-state index contributed by atoms with van der Waals surface area (Å²) in [4.78, 5) is 32.4. The second kappa shape index (κ2) is 8.52. The van der Waals surface area contributed by atoms with Crippen LogP contribution < -0.4 is 10.2 Å². The molecule has 8 heteroatoms. The van der Waals surface area contributed by atoms with Crippen molar-refractivity contribution in [1.82, 2.24) is 10.3 Å². The van der Waals surface area contributed by atoms with Crippen LogP contribution in [-0.2, 0) is 4.79 Å². The van der Waals surface area contributed by atoms with E-state index in [0.29, 0.717) is 22.1 Å². The quantitative estimate of drug-likeness (QED) is 0.653. The summed E-state index contributed by atoms with van der Waals surface area (Å²) in [6, 6.07) is 24.1. The van der Waals surface area contributed by atoms with Gasteiger partial charge in [-0.25, -0.2) is 5.01 Å². The minimum absolute atomic E-state index is 0.0945. The Labute approximate surface area is 196 Å². The largest absolute Gasteiger partial charge is 0.324 e. The van der Waals surface area contributed by atoms with E-state index in [4.69, 9.17) is 16.6 Å². The Hall–Kier alpha value is -3.97. The zero-order valence-electron chi connectivity index (χ0n) is 17.8. The monoisotopic (exact) mass is 457 g/mol. The first kappa shape index (κ1) is 20.9. The van der Waals surface area contributed by atoms with E-state index in [0.717, 1.165) is 16.8 Å². The highest BCUT2D eigenvalue weighted by Gasteiger charge is 2.36. The number of hydrogen-bond donors (Lipinski definition) is 1. The molecule has 2 aliphatic heterocycles. The van der Waals surface area contributed by atoms with Crippen LogP contribution in [-0.4, -0.2) is 48.1 Å². The van der Waals surface area contributed by atoms with Crippen molar-refractivity contribution in [3.05, 3.63) is 101 Å². The molecule has 7 nitrogen and oxygen atoms in total. The van der Waals surface area contributed by atoms with Gasteiger partial charge in [-0.05, 0) is 30.3 Å². The first-order chi connectivity index (χ1) is 16.0. The topological polar surface area (TPSA) is 77.4 Å². The Morgan fingerprint density at radius 1 is 1.00 bits per heavy atom. The number of anilines is 1. The summed E-state index contributed by atoms with van der Waals surface area (Å²) < 4.78 is 0. The van der Waals surface area contributed by atoms with E-state index in [2.05, 4.69) is 10.4 Å². The van der Waals surface area contributed by atoms with Gasteiger partial charge in [0.15, 0.2) is 12.0 Å². The van der Waals surface area contributed by atoms with E-state index in [1.807, 2.05) is 59.5 Å². The molecular formula is C25H20ClN5O2. The van der Waals surface area contributed by atoms with E-state index in [1.165, 1.54) is 5.01 Å². The molecule has 2 amide bonds. The number of nitrogens with one attached hydrogen (secondary N) is 1.